The molecule has 1 N–H and O–H groups in total. The second kappa shape index (κ2) is 9.03. The van der Waals surface area contributed by atoms with Crippen LogP contribution < -0.4 is 10.1 Å². The average Bonchev–Trinajstić information content (AvgIpc) is 3.15. The Labute approximate surface area is 174 Å². The van der Waals surface area contributed by atoms with E-state index in [9.17, 15) is 14.9 Å². The first-order valence-electron chi connectivity index (χ1n) is 8.37. The molecule has 2 aromatic carbocycles. The highest BCUT2D eigenvalue weighted by atomic mass is 79.9. The van der Waals surface area contributed by atoms with Crippen LogP contribution in [0.25, 0.3) is 5.69 Å². The van der Waals surface area contributed by atoms with Gasteiger partial charge in [-0.25, -0.2) is 9.48 Å². The minimum Gasteiger partial charge on any atom is -0.497 e. The van der Waals surface area contributed by atoms with Crippen molar-refractivity contribution in [3.8, 4) is 17.5 Å². The zero-order chi connectivity index (χ0) is 20.8. The quantitative estimate of drug-likeness (QED) is 0.572. The smallest absolute Gasteiger partial charge is 0.339 e. The Hall–Kier alpha value is -3.64. The van der Waals surface area contributed by atoms with Crippen molar-refractivity contribution in [3.63, 3.8) is 0 Å². The highest BCUT2D eigenvalue weighted by molar-refractivity contribution is 9.10. The van der Waals surface area contributed by atoms with Crippen LogP contribution in [0.5, 0.6) is 5.75 Å². The second-order valence-electron chi connectivity index (χ2n) is 5.74. The molecule has 3 rings (SSSR count). The van der Waals surface area contributed by atoms with Gasteiger partial charge in [0.15, 0.2) is 12.4 Å². The summed E-state index contributed by atoms with van der Waals surface area (Å²) >= 11 is 3.27. The number of hydrogen-bond donors (Lipinski definition) is 1. The van der Waals surface area contributed by atoms with Crippen LogP contribution in [0, 0.1) is 11.3 Å². The van der Waals surface area contributed by atoms with Crippen molar-refractivity contribution >= 4 is 33.6 Å². The molecule has 0 unspecified atom stereocenters. The summed E-state index contributed by atoms with van der Waals surface area (Å²) in [4.78, 5) is 24.6. The summed E-state index contributed by atoms with van der Waals surface area (Å²) in [7, 11) is 1.48. The molecule has 0 aliphatic heterocycles. The van der Waals surface area contributed by atoms with E-state index >= 15 is 0 Å². The van der Waals surface area contributed by atoms with Crippen molar-refractivity contribution < 1.29 is 19.1 Å². The van der Waals surface area contributed by atoms with Gasteiger partial charge in [-0.15, -0.1) is 0 Å². The van der Waals surface area contributed by atoms with E-state index in [1.54, 1.807) is 24.3 Å². The zero-order valence-electron chi connectivity index (χ0n) is 15.3. The Balaban J connectivity index is 1.71. The number of nitrogens with one attached hydrogen (secondary N) is 1. The first-order chi connectivity index (χ1) is 14.0. The largest absolute Gasteiger partial charge is 0.497 e. The van der Waals surface area contributed by atoms with Crippen LogP contribution in [0.4, 0.5) is 5.82 Å². The van der Waals surface area contributed by atoms with E-state index in [-0.39, 0.29) is 16.9 Å². The number of carbonyl (C=O) groups is 2. The number of nitriles is 1. The highest BCUT2D eigenvalue weighted by Crippen LogP contribution is 2.23. The van der Waals surface area contributed by atoms with Crippen LogP contribution in [-0.4, -0.2) is 35.4 Å². The topological polar surface area (TPSA) is 106 Å². The maximum atomic E-state index is 12.3. The van der Waals surface area contributed by atoms with Crippen LogP contribution in [0.1, 0.15) is 15.9 Å². The average molecular weight is 455 g/mol. The second-order valence-corrected chi connectivity index (χ2v) is 6.59. The predicted octanol–water partition coefficient (Wildman–Crippen LogP) is 3.31. The van der Waals surface area contributed by atoms with Gasteiger partial charge in [-0.2, -0.15) is 10.4 Å². The van der Waals surface area contributed by atoms with E-state index in [0.29, 0.717) is 15.9 Å². The van der Waals surface area contributed by atoms with Gasteiger partial charge in [0.1, 0.15) is 17.4 Å². The van der Waals surface area contributed by atoms with Crippen LogP contribution in [-0.2, 0) is 9.53 Å². The molecule has 1 amide bonds. The first kappa shape index (κ1) is 20.1. The number of benzene rings is 2. The Bertz CT molecular complexity index is 1090. The van der Waals surface area contributed by atoms with E-state index in [2.05, 4.69) is 26.3 Å². The SMILES string of the molecule is COc1ccc(Br)c(C(=O)OCC(=O)Nc2c(C#N)cnn2-c2ccccc2)c1. The number of ether oxygens (including phenoxy) is 2. The number of carbonyl (C=O) groups excluding carboxylic acids is 2. The van der Waals surface area contributed by atoms with E-state index in [0.717, 1.165) is 0 Å². The Morgan fingerprint density at radius 1 is 1.24 bits per heavy atom. The summed E-state index contributed by atoms with van der Waals surface area (Å²) in [5, 5.41) is 16.0. The number of amides is 1. The summed E-state index contributed by atoms with van der Waals surface area (Å²) in [6.45, 7) is -0.534. The molecule has 3 aromatic rings. The molecule has 0 saturated heterocycles. The third kappa shape index (κ3) is 4.62. The number of nitrogens with zero attached hydrogens (tertiary/aromatic N) is 3. The molecule has 0 aliphatic rings. The molecule has 0 saturated carbocycles. The maximum Gasteiger partial charge on any atom is 0.339 e. The minimum absolute atomic E-state index is 0.184. The lowest BCUT2D eigenvalue weighted by atomic mass is 10.2. The number of rotatable bonds is 6. The van der Waals surface area contributed by atoms with E-state index < -0.39 is 18.5 Å². The van der Waals surface area contributed by atoms with Crippen molar-refractivity contribution in [3.05, 3.63) is 70.3 Å². The van der Waals surface area contributed by atoms with Crippen LogP contribution in [0.3, 0.4) is 0 Å². The molecule has 0 spiro atoms. The third-order valence-electron chi connectivity index (χ3n) is 3.88. The van der Waals surface area contributed by atoms with Crippen molar-refractivity contribution in [1.29, 1.82) is 5.26 Å². The van der Waals surface area contributed by atoms with Gasteiger partial charge in [0.05, 0.1) is 24.6 Å². The van der Waals surface area contributed by atoms with E-state index in [1.165, 1.54) is 24.1 Å². The Kier molecular flexibility index (Phi) is 6.26. The van der Waals surface area contributed by atoms with Gasteiger partial charge in [0.2, 0.25) is 0 Å². The number of aromatic nitrogens is 2. The molecule has 0 bridgehead atoms. The van der Waals surface area contributed by atoms with Gasteiger partial charge < -0.3 is 14.8 Å². The van der Waals surface area contributed by atoms with Gasteiger partial charge >= 0.3 is 5.97 Å². The van der Waals surface area contributed by atoms with Crippen molar-refractivity contribution in [1.82, 2.24) is 9.78 Å². The molecular formula is C20H15BrN4O4. The molecular weight excluding hydrogens is 440 g/mol. The number of halogens is 1. The summed E-state index contributed by atoms with van der Waals surface area (Å²) in [6.07, 6.45) is 1.35. The highest BCUT2D eigenvalue weighted by Gasteiger charge is 2.18. The number of para-hydroxylation sites is 1. The summed E-state index contributed by atoms with van der Waals surface area (Å²) in [6, 6.07) is 15.8. The van der Waals surface area contributed by atoms with Gasteiger partial charge in [-0.3, -0.25) is 4.79 Å². The molecule has 1 aromatic heterocycles. The number of anilines is 1. The Morgan fingerprint density at radius 2 is 2.00 bits per heavy atom. The summed E-state index contributed by atoms with van der Waals surface area (Å²) < 4.78 is 12.1. The standard InChI is InChI=1S/C20H15BrN4O4/c1-28-15-7-8-17(21)16(9-15)20(27)29-12-18(26)24-19-13(10-22)11-23-25(19)14-5-3-2-4-6-14/h2-9,11H,12H2,1H3,(H,24,26). The van der Waals surface area contributed by atoms with Crippen molar-refractivity contribution in [2.75, 3.05) is 19.0 Å². The molecule has 9 heteroatoms. The molecule has 8 nitrogen and oxygen atoms in total. The third-order valence-corrected chi connectivity index (χ3v) is 4.57. The molecule has 146 valence electrons. The van der Waals surface area contributed by atoms with Crippen LogP contribution in [0.15, 0.2) is 59.2 Å². The first-order valence-corrected chi connectivity index (χ1v) is 9.17. The molecule has 29 heavy (non-hydrogen) atoms. The Morgan fingerprint density at radius 3 is 2.69 bits per heavy atom. The van der Waals surface area contributed by atoms with Gasteiger partial charge in [0.25, 0.3) is 5.91 Å². The lowest BCUT2D eigenvalue weighted by Crippen LogP contribution is -2.23. The summed E-state index contributed by atoms with van der Waals surface area (Å²) in [5.74, 6) is -0.619. The van der Waals surface area contributed by atoms with Crippen molar-refractivity contribution in [2.45, 2.75) is 0 Å². The van der Waals surface area contributed by atoms with Gasteiger partial charge in [0, 0.05) is 4.47 Å². The van der Waals surface area contributed by atoms with Crippen LogP contribution in [0.2, 0.25) is 0 Å². The fourth-order valence-electron chi connectivity index (χ4n) is 2.48. The fourth-order valence-corrected chi connectivity index (χ4v) is 2.89. The molecule has 0 radical (unpaired) electrons. The molecule has 0 fully saturated rings. The fraction of sp³-hybridized carbons (Fsp3) is 0.100. The maximum absolute atomic E-state index is 12.3. The molecule has 1 heterocycles. The van der Waals surface area contributed by atoms with E-state index in [1.807, 2.05) is 24.3 Å². The molecule has 0 atom stereocenters. The van der Waals surface area contributed by atoms with Crippen LogP contribution >= 0.6 is 15.9 Å². The van der Waals surface area contributed by atoms with Gasteiger partial charge in [-0.05, 0) is 46.3 Å². The van der Waals surface area contributed by atoms with Crippen molar-refractivity contribution in [2.24, 2.45) is 0 Å². The predicted molar refractivity (Wildman–Crippen MR) is 108 cm³/mol. The normalized spacial score (nSPS) is 10.1. The lowest BCUT2D eigenvalue weighted by Gasteiger charge is -2.11. The molecule has 0 aliphatic carbocycles. The monoisotopic (exact) mass is 454 g/mol. The summed E-state index contributed by atoms with van der Waals surface area (Å²) in [5.41, 5.74) is 1.08. The van der Waals surface area contributed by atoms with E-state index in [4.69, 9.17) is 9.47 Å². The number of hydrogen-bond acceptors (Lipinski definition) is 6. The number of methoxy groups -OCH3 is 1. The minimum atomic E-state index is -0.692. The number of esters is 1. The zero-order valence-corrected chi connectivity index (χ0v) is 16.8. The lowest BCUT2D eigenvalue weighted by molar-refractivity contribution is -0.119. The van der Waals surface area contributed by atoms with Gasteiger partial charge in [-0.1, -0.05) is 18.2 Å².